The van der Waals surface area contributed by atoms with Gasteiger partial charge in [-0.3, -0.25) is 0 Å². The molecule has 1 N–H and O–H groups in total. The minimum atomic E-state index is -0.692. The molecule has 33 heavy (non-hydrogen) atoms. The zero-order valence-corrected chi connectivity index (χ0v) is 19.1. The van der Waals surface area contributed by atoms with Crippen LogP contribution in [-0.4, -0.2) is 59.9 Å². The first-order valence-electron chi connectivity index (χ1n) is 11.2. The van der Waals surface area contributed by atoms with Gasteiger partial charge in [0, 0.05) is 51.0 Å². The van der Waals surface area contributed by atoms with Crippen molar-refractivity contribution in [3.05, 3.63) is 41.2 Å². The smallest absolute Gasteiger partial charge is 0.409 e. The number of benzene rings is 1. The number of fused-ring (bicyclic) bond motifs is 1. The fourth-order valence-corrected chi connectivity index (χ4v) is 4.13. The monoisotopic (exact) mass is 461 g/mol. The van der Waals surface area contributed by atoms with Crippen LogP contribution in [0.15, 0.2) is 18.2 Å². The number of amides is 1. The fraction of sp³-hybridized carbons (Fsp3) is 0.522. The molecule has 8 nitrogen and oxygen atoms in total. The molecule has 2 aliphatic heterocycles. The van der Waals surface area contributed by atoms with Crippen molar-refractivity contribution < 1.29 is 23.0 Å². The Morgan fingerprint density at radius 3 is 2.58 bits per heavy atom. The number of carbonyl (C=O) groups excluding carboxylic acids is 1. The largest absolute Gasteiger partial charge is 0.487 e. The molecular weight excluding hydrogens is 432 g/mol. The van der Waals surface area contributed by atoms with E-state index in [0.29, 0.717) is 51.3 Å². The van der Waals surface area contributed by atoms with Gasteiger partial charge in [0.25, 0.3) is 0 Å². The van der Waals surface area contributed by atoms with Gasteiger partial charge in [-0.05, 0) is 26.0 Å². The van der Waals surface area contributed by atoms with E-state index in [-0.39, 0.29) is 24.0 Å². The van der Waals surface area contributed by atoms with Crippen LogP contribution >= 0.6 is 0 Å². The molecule has 0 atom stereocenters. The number of nitrogens with one attached hydrogen (secondary N) is 1. The molecule has 1 aromatic heterocycles. The fourth-order valence-electron chi connectivity index (χ4n) is 4.13. The molecule has 2 aliphatic rings. The Bertz CT molecular complexity index is 1010. The van der Waals surface area contributed by atoms with Crippen molar-refractivity contribution in [3.8, 4) is 5.75 Å². The Hall–Kier alpha value is -3.17. The van der Waals surface area contributed by atoms with Crippen molar-refractivity contribution >= 4 is 17.7 Å². The van der Waals surface area contributed by atoms with Crippen molar-refractivity contribution in [2.75, 3.05) is 37.0 Å². The van der Waals surface area contributed by atoms with E-state index in [1.807, 2.05) is 13.8 Å². The van der Waals surface area contributed by atoms with Crippen LogP contribution in [0.25, 0.3) is 0 Å². The first-order chi connectivity index (χ1) is 15.8. The predicted octanol–water partition coefficient (Wildman–Crippen LogP) is 3.75. The minimum absolute atomic E-state index is 0.0701. The van der Waals surface area contributed by atoms with E-state index in [2.05, 4.69) is 10.2 Å². The summed E-state index contributed by atoms with van der Waals surface area (Å²) in [4.78, 5) is 25.5. The summed E-state index contributed by atoms with van der Waals surface area (Å²) in [7, 11) is 1.37. The number of hydrogen-bond acceptors (Lipinski definition) is 7. The molecule has 3 heterocycles. The Labute approximate surface area is 191 Å². The van der Waals surface area contributed by atoms with Gasteiger partial charge in [0.1, 0.15) is 11.9 Å². The van der Waals surface area contributed by atoms with Gasteiger partial charge >= 0.3 is 6.09 Å². The number of ether oxygens (including phenoxy) is 2. The molecular formula is C23H29F2N5O3. The molecule has 0 unspecified atom stereocenters. The Balaban J connectivity index is 1.48. The number of halogens is 2. The first-order valence-corrected chi connectivity index (χ1v) is 11.2. The molecule has 178 valence electrons. The molecule has 0 aliphatic carbocycles. The summed E-state index contributed by atoms with van der Waals surface area (Å²) < 4.78 is 37.7. The van der Waals surface area contributed by atoms with Gasteiger partial charge in [0.15, 0.2) is 23.2 Å². The highest BCUT2D eigenvalue weighted by atomic mass is 19.1. The van der Waals surface area contributed by atoms with E-state index in [1.54, 1.807) is 4.90 Å². The van der Waals surface area contributed by atoms with E-state index in [4.69, 9.17) is 19.4 Å². The predicted molar refractivity (Wildman–Crippen MR) is 120 cm³/mol. The number of methoxy groups -OCH3 is 1. The topological polar surface area (TPSA) is 79.8 Å². The molecule has 1 saturated heterocycles. The molecule has 0 bridgehead atoms. The zero-order valence-electron chi connectivity index (χ0n) is 19.1. The highest BCUT2D eigenvalue weighted by molar-refractivity contribution is 5.68. The van der Waals surface area contributed by atoms with E-state index in [9.17, 15) is 13.6 Å². The number of nitrogens with zero attached hydrogens (tertiary/aromatic N) is 4. The van der Waals surface area contributed by atoms with Gasteiger partial charge in [0.2, 0.25) is 0 Å². The molecule has 10 heteroatoms. The second kappa shape index (κ2) is 9.76. The van der Waals surface area contributed by atoms with Crippen molar-refractivity contribution in [1.29, 1.82) is 0 Å². The highest BCUT2D eigenvalue weighted by Crippen LogP contribution is 2.30. The van der Waals surface area contributed by atoms with Gasteiger partial charge in [-0.2, -0.15) is 0 Å². The molecule has 0 radical (unpaired) electrons. The standard InChI is InChI=1S/C23H29F2N5O3/c1-14(2)26-21-22(28-18-8-11-30(23(31)32-3)13-19(18)27-21)29-9-6-16(7-10-29)33-20-5-4-15(24)12-17(20)25/h4-5,12,14,16H,6-11,13H2,1-3H3,(H,26,27). The summed E-state index contributed by atoms with van der Waals surface area (Å²) in [5, 5.41) is 3.38. The summed E-state index contributed by atoms with van der Waals surface area (Å²) in [5.41, 5.74) is 1.65. The van der Waals surface area contributed by atoms with Crippen LogP contribution < -0.4 is 15.0 Å². The summed E-state index contributed by atoms with van der Waals surface area (Å²) in [6, 6.07) is 3.51. The molecule has 1 aromatic carbocycles. The van der Waals surface area contributed by atoms with Crippen molar-refractivity contribution in [3.63, 3.8) is 0 Å². The highest BCUT2D eigenvalue weighted by Gasteiger charge is 2.29. The molecule has 2 aromatic rings. The van der Waals surface area contributed by atoms with E-state index in [0.717, 1.165) is 23.3 Å². The maximum absolute atomic E-state index is 13.9. The second-order valence-corrected chi connectivity index (χ2v) is 8.61. The third-order valence-corrected chi connectivity index (χ3v) is 5.78. The summed E-state index contributed by atoms with van der Waals surface area (Å²) in [5.74, 6) is 0.212. The van der Waals surface area contributed by atoms with E-state index >= 15 is 0 Å². The number of anilines is 2. The van der Waals surface area contributed by atoms with Crippen molar-refractivity contribution in [2.24, 2.45) is 0 Å². The summed E-state index contributed by atoms with van der Waals surface area (Å²) in [6.45, 7) is 6.29. The third kappa shape index (κ3) is 5.26. The number of piperidine rings is 1. The van der Waals surface area contributed by atoms with Crippen LogP contribution in [0, 0.1) is 11.6 Å². The van der Waals surface area contributed by atoms with Crippen LogP contribution in [0.3, 0.4) is 0 Å². The number of hydrogen-bond donors (Lipinski definition) is 1. The van der Waals surface area contributed by atoms with Crippen molar-refractivity contribution in [1.82, 2.24) is 14.9 Å². The van der Waals surface area contributed by atoms with Gasteiger partial charge in [-0.25, -0.2) is 23.5 Å². The van der Waals surface area contributed by atoms with Crippen LogP contribution in [0.1, 0.15) is 38.1 Å². The SMILES string of the molecule is COC(=O)N1CCc2nc(N3CCC(Oc4ccc(F)cc4F)CC3)c(NC(C)C)nc2C1. The zero-order chi connectivity index (χ0) is 23.5. The average molecular weight is 462 g/mol. The van der Waals surface area contributed by atoms with Crippen LogP contribution in [0.4, 0.5) is 25.2 Å². The quantitative estimate of drug-likeness (QED) is 0.727. The lowest BCUT2D eigenvalue weighted by Gasteiger charge is -2.35. The summed E-state index contributed by atoms with van der Waals surface area (Å²) >= 11 is 0. The Morgan fingerprint density at radius 1 is 1.15 bits per heavy atom. The first kappa shape index (κ1) is 23.0. The number of rotatable bonds is 5. The maximum atomic E-state index is 13.9. The van der Waals surface area contributed by atoms with Gasteiger partial charge in [-0.1, -0.05) is 0 Å². The van der Waals surface area contributed by atoms with Crippen molar-refractivity contribution in [2.45, 2.75) is 51.8 Å². The molecule has 4 rings (SSSR count). The van der Waals surface area contributed by atoms with Gasteiger partial charge in [-0.15, -0.1) is 0 Å². The van der Waals surface area contributed by atoms with E-state index < -0.39 is 11.6 Å². The number of aromatic nitrogens is 2. The lowest BCUT2D eigenvalue weighted by Crippen LogP contribution is -2.41. The van der Waals surface area contributed by atoms with E-state index in [1.165, 1.54) is 19.2 Å². The van der Waals surface area contributed by atoms with Crippen LogP contribution in [-0.2, 0) is 17.7 Å². The van der Waals surface area contributed by atoms with Crippen LogP contribution in [0.2, 0.25) is 0 Å². The lowest BCUT2D eigenvalue weighted by atomic mass is 10.1. The van der Waals surface area contributed by atoms with Gasteiger partial charge < -0.3 is 24.6 Å². The lowest BCUT2D eigenvalue weighted by molar-refractivity contribution is 0.117. The average Bonchev–Trinajstić information content (AvgIpc) is 2.79. The third-order valence-electron chi connectivity index (χ3n) is 5.78. The molecule has 1 fully saturated rings. The van der Waals surface area contributed by atoms with Gasteiger partial charge in [0.05, 0.1) is 25.0 Å². The van der Waals surface area contributed by atoms with Crippen LogP contribution in [0.5, 0.6) is 5.75 Å². The normalized spacial score (nSPS) is 16.5. The summed E-state index contributed by atoms with van der Waals surface area (Å²) in [6.07, 6.45) is 1.42. The molecule has 0 saturated carbocycles. The maximum Gasteiger partial charge on any atom is 0.409 e. The molecule has 0 spiro atoms. The molecule has 1 amide bonds. The second-order valence-electron chi connectivity index (χ2n) is 8.61. The minimum Gasteiger partial charge on any atom is -0.487 e. The Morgan fingerprint density at radius 2 is 1.91 bits per heavy atom. The Kier molecular flexibility index (Phi) is 6.80. The number of carbonyl (C=O) groups is 1.